The molecule has 0 fully saturated rings. The summed E-state index contributed by atoms with van der Waals surface area (Å²) in [6.07, 6.45) is 5.07. The lowest BCUT2D eigenvalue weighted by Gasteiger charge is -1.95. The third-order valence-corrected chi connectivity index (χ3v) is 3.23. The Morgan fingerprint density at radius 2 is 1.90 bits per heavy atom. The molecule has 2 nitrogen and oxygen atoms in total. The second-order valence-electron chi connectivity index (χ2n) is 4.75. The van der Waals surface area contributed by atoms with E-state index in [1.807, 2.05) is 49.4 Å². The van der Waals surface area contributed by atoms with Crippen molar-refractivity contribution in [3.63, 3.8) is 0 Å². The molecule has 2 aromatic carbocycles. The molecule has 1 aromatic heterocycles. The first-order valence-electron chi connectivity index (χ1n) is 6.49. The van der Waals surface area contributed by atoms with Gasteiger partial charge in [0.1, 0.15) is 5.58 Å². The van der Waals surface area contributed by atoms with Gasteiger partial charge in [0.15, 0.2) is 5.78 Å². The van der Waals surface area contributed by atoms with E-state index in [0.717, 1.165) is 16.5 Å². The highest BCUT2D eigenvalue weighted by Crippen LogP contribution is 2.23. The largest absolute Gasteiger partial charge is 0.464 e. The van der Waals surface area contributed by atoms with Gasteiger partial charge in [0, 0.05) is 16.5 Å². The van der Waals surface area contributed by atoms with Gasteiger partial charge in [-0.15, -0.1) is 0 Å². The molecule has 20 heavy (non-hydrogen) atoms. The molecule has 0 radical (unpaired) electrons. The zero-order valence-electron chi connectivity index (χ0n) is 11.2. The molecular formula is C18H14O2. The summed E-state index contributed by atoms with van der Waals surface area (Å²) >= 11 is 0. The lowest BCUT2D eigenvalue weighted by molar-refractivity contribution is 0.104. The molecule has 0 aliphatic carbocycles. The molecule has 0 atom stereocenters. The maximum atomic E-state index is 12.0. The number of carbonyl (C=O) groups is 1. The Balaban J connectivity index is 1.91. The number of benzene rings is 2. The monoisotopic (exact) mass is 262 g/mol. The Morgan fingerprint density at radius 1 is 1.10 bits per heavy atom. The molecule has 0 bridgehead atoms. The number of fused-ring (bicyclic) bond motifs is 1. The standard InChI is InChI=1S/C18H14O2/c1-13-7-10-18-16(11-13)15(12-20-18)8-9-17(19)14-5-3-2-4-6-14/h2-12H,1H3/b9-8+. The summed E-state index contributed by atoms with van der Waals surface area (Å²) in [6, 6.07) is 15.2. The fraction of sp³-hybridized carbons (Fsp3) is 0.0556. The van der Waals surface area contributed by atoms with Crippen molar-refractivity contribution in [1.82, 2.24) is 0 Å². The van der Waals surface area contributed by atoms with Gasteiger partial charge in [-0.25, -0.2) is 0 Å². The molecule has 0 amide bonds. The molecule has 0 saturated heterocycles. The Hall–Kier alpha value is -2.61. The van der Waals surface area contributed by atoms with E-state index in [1.54, 1.807) is 18.4 Å². The van der Waals surface area contributed by atoms with Crippen LogP contribution < -0.4 is 0 Å². The fourth-order valence-corrected chi connectivity index (χ4v) is 2.16. The molecule has 98 valence electrons. The van der Waals surface area contributed by atoms with E-state index in [9.17, 15) is 4.79 Å². The van der Waals surface area contributed by atoms with Gasteiger partial charge < -0.3 is 4.42 Å². The third-order valence-electron chi connectivity index (χ3n) is 3.23. The molecule has 0 saturated carbocycles. The van der Waals surface area contributed by atoms with Crippen molar-refractivity contribution < 1.29 is 9.21 Å². The third kappa shape index (κ3) is 2.41. The summed E-state index contributed by atoms with van der Waals surface area (Å²) in [5.74, 6) is -0.00685. The Kier molecular flexibility index (Phi) is 3.21. The van der Waals surface area contributed by atoms with Crippen LogP contribution >= 0.6 is 0 Å². The second-order valence-corrected chi connectivity index (χ2v) is 4.75. The average Bonchev–Trinajstić information content (AvgIpc) is 2.88. The van der Waals surface area contributed by atoms with Crippen LogP contribution in [-0.2, 0) is 0 Å². The highest BCUT2D eigenvalue weighted by atomic mass is 16.3. The topological polar surface area (TPSA) is 30.2 Å². The van der Waals surface area contributed by atoms with Crippen molar-refractivity contribution in [2.45, 2.75) is 6.92 Å². The molecule has 3 rings (SSSR count). The number of furan rings is 1. The van der Waals surface area contributed by atoms with Gasteiger partial charge in [0.25, 0.3) is 0 Å². The van der Waals surface area contributed by atoms with Crippen molar-refractivity contribution in [3.05, 3.63) is 77.6 Å². The molecule has 3 aromatic rings. The number of hydrogen-bond acceptors (Lipinski definition) is 2. The SMILES string of the molecule is Cc1ccc2occ(/C=C/C(=O)c3ccccc3)c2c1. The summed E-state index contributed by atoms with van der Waals surface area (Å²) < 4.78 is 5.48. The lowest BCUT2D eigenvalue weighted by atomic mass is 10.1. The summed E-state index contributed by atoms with van der Waals surface area (Å²) in [5, 5.41) is 1.03. The van der Waals surface area contributed by atoms with Crippen LogP contribution in [0.2, 0.25) is 0 Å². The lowest BCUT2D eigenvalue weighted by Crippen LogP contribution is -1.92. The van der Waals surface area contributed by atoms with Crippen LogP contribution in [0.25, 0.3) is 17.0 Å². The minimum Gasteiger partial charge on any atom is -0.464 e. The zero-order chi connectivity index (χ0) is 13.9. The van der Waals surface area contributed by atoms with Crippen LogP contribution in [0.15, 0.2) is 65.3 Å². The van der Waals surface area contributed by atoms with Gasteiger partial charge in [-0.1, -0.05) is 42.0 Å². The predicted molar refractivity (Wildman–Crippen MR) is 80.8 cm³/mol. The van der Waals surface area contributed by atoms with Gasteiger partial charge in [-0.05, 0) is 31.2 Å². The first-order chi connectivity index (χ1) is 9.74. The van der Waals surface area contributed by atoms with E-state index in [2.05, 4.69) is 6.07 Å². The van der Waals surface area contributed by atoms with Crippen LogP contribution in [0.3, 0.4) is 0 Å². The molecule has 2 heteroatoms. The molecule has 0 spiro atoms. The van der Waals surface area contributed by atoms with Crippen LogP contribution in [0.4, 0.5) is 0 Å². The molecule has 1 heterocycles. The van der Waals surface area contributed by atoms with E-state index in [1.165, 1.54) is 5.56 Å². The van der Waals surface area contributed by atoms with Gasteiger partial charge in [-0.3, -0.25) is 4.79 Å². The van der Waals surface area contributed by atoms with Gasteiger partial charge in [0.05, 0.1) is 6.26 Å². The minimum atomic E-state index is -0.00685. The predicted octanol–water partition coefficient (Wildman–Crippen LogP) is 4.64. The summed E-state index contributed by atoms with van der Waals surface area (Å²) in [7, 11) is 0. The molecule has 0 unspecified atom stereocenters. The van der Waals surface area contributed by atoms with Crippen molar-refractivity contribution >= 4 is 22.8 Å². The molecule has 0 aliphatic heterocycles. The van der Waals surface area contributed by atoms with Crippen molar-refractivity contribution in [1.29, 1.82) is 0 Å². The second kappa shape index (κ2) is 5.17. The van der Waals surface area contributed by atoms with E-state index in [-0.39, 0.29) is 5.78 Å². The van der Waals surface area contributed by atoms with Crippen molar-refractivity contribution in [3.8, 4) is 0 Å². The minimum absolute atomic E-state index is 0.00685. The highest BCUT2D eigenvalue weighted by Gasteiger charge is 2.04. The summed E-state index contributed by atoms with van der Waals surface area (Å²) in [5.41, 5.74) is 3.62. The summed E-state index contributed by atoms with van der Waals surface area (Å²) in [6.45, 7) is 2.04. The summed E-state index contributed by atoms with van der Waals surface area (Å²) in [4.78, 5) is 12.0. The normalized spacial score (nSPS) is 11.2. The number of carbonyl (C=O) groups excluding carboxylic acids is 1. The van der Waals surface area contributed by atoms with Gasteiger partial charge in [-0.2, -0.15) is 0 Å². The van der Waals surface area contributed by atoms with Crippen LogP contribution in [0.1, 0.15) is 21.5 Å². The number of aryl methyl sites for hydroxylation is 1. The molecule has 0 N–H and O–H groups in total. The maximum absolute atomic E-state index is 12.0. The Labute approximate surface area is 117 Å². The number of hydrogen-bond donors (Lipinski definition) is 0. The van der Waals surface area contributed by atoms with Crippen LogP contribution in [0, 0.1) is 6.92 Å². The van der Waals surface area contributed by atoms with Crippen molar-refractivity contribution in [2.75, 3.05) is 0 Å². The Bertz CT molecular complexity index is 780. The molecular weight excluding hydrogens is 248 g/mol. The number of rotatable bonds is 3. The van der Waals surface area contributed by atoms with E-state index in [4.69, 9.17) is 4.42 Å². The first-order valence-corrected chi connectivity index (χ1v) is 6.49. The first kappa shape index (κ1) is 12.4. The highest BCUT2D eigenvalue weighted by molar-refractivity contribution is 6.07. The fourth-order valence-electron chi connectivity index (χ4n) is 2.16. The smallest absolute Gasteiger partial charge is 0.185 e. The maximum Gasteiger partial charge on any atom is 0.185 e. The quantitative estimate of drug-likeness (QED) is 0.508. The zero-order valence-corrected chi connectivity index (χ0v) is 11.2. The van der Waals surface area contributed by atoms with E-state index in [0.29, 0.717) is 5.56 Å². The number of allylic oxidation sites excluding steroid dienone is 1. The Morgan fingerprint density at radius 3 is 2.70 bits per heavy atom. The van der Waals surface area contributed by atoms with Crippen molar-refractivity contribution in [2.24, 2.45) is 0 Å². The van der Waals surface area contributed by atoms with E-state index >= 15 is 0 Å². The van der Waals surface area contributed by atoms with E-state index < -0.39 is 0 Å². The van der Waals surface area contributed by atoms with Gasteiger partial charge >= 0.3 is 0 Å². The molecule has 0 aliphatic rings. The van der Waals surface area contributed by atoms with Crippen LogP contribution in [-0.4, -0.2) is 5.78 Å². The number of ketones is 1. The average molecular weight is 262 g/mol. The van der Waals surface area contributed by atoms with Gasteiger partial charge in [0.2, 0.25) is 0 Å². The van der Waals surface area contributed by atoms with Crippen LogP contribution in [0.5, 0.6) is 0 Å².